The van der Waals surface area contributed by atoms with E-state index in [1.807, 2.05) is 16.8 Å². The summed E-state index contributed by atoms with van der Waals surface area (Å²) in [6, 6.07) is 8.23. The minimum Gasteiger partial charge on any atom is -0.465 e. The maximum Gasteiger partial charge on any atom is 0.407 e. The molecule has 6 rings (SSSR count). The Labute approximate surface area is 191 Å². The van der Waals surface area contributed by atoms with Gasteiger partial charge in [0.15, 0.2) is 11.8 Å². The van der Waals surface area contributed by atoms with E-state index in [1.165, 1.54) is 4.90 Å². The fourth-order valence-electron chi connectivity index (χ4n) is 5.71. The molecule has 2 saturated heterocycles. The van der Waals surface area contributed by atoms with E-state index in [2.05, 4.69) is 22.1 Å². The molecule has 3 aliphatic rings. The van der Waals surface area contributed by atoms with Crippen molar-refractivity contribution < 1.29 is 19.4 Å². The summed E-state index contributed by atoms with van der Waals surface area (Å²) in [4.78, 5) is 21.6. The van der Waals surface area contributed by atoms with E-state index in [-0.39, 0.29) is 11.6 Å². The minimum absolute atomic E-state index is 0.0884. The first kappa shape index (κ1) is 20.4. The largest absolute Gasteiger partial charge is 0.465 e. The van der Waals surface area contributed by atoms with E-state index < -0.39 is 11.7 Å². The van der Waals surface area contributed by atoms with Gasteiger partial charge in [-0.2, -0.15) is 5.10 Å². The Balaban J connectivity index is 1.44. The number of amides is 1. The number of benzene rings is 1. The topological polar surface area (TPSA) is 103 Å². The van der Waals surface area contributed by atoms with Gasteiger partial charge < -0.3 is 19.5 Å². The molecule has 1 aliphatic carbocycles. The molecule has 1 spiro atoms. The third-order valence-electron chi connectivity index (χ3n) is 7.55. The van der Waals surface area contributed by atoms with Crippen LogP contribution in [-0.4, -0.2) is 55.5 Å². The zero-order valence-electron chi connectivity index (χ0n) is 18.4. The maximum absolute atomic E-state index is 11.5. The van der Waals surface area contributed by atoms with E-state index >= 15 is 0 Å². The lowest BCUT2D eigenvalue weighted by atomic mass is 9.87. The van der Waals surface area contributed by atoms with Crippen LogP contribution < -0.4 is 4.74 Å². The Kier molecular flexibility index (Phi) is 4.76. The molecule has 1 aromatic carbocycles. The third kappa shape index (κ3) is 3.25. The Morgan fingerprint density at radius 3 is 2.76 bits per heavy atom. The van der Waals surface area contributed by atoms with Gasteiger partial charge in [-0.1, -0.05) is 18.2 Å². The Bertz CT molecular complexity index is 1170. The highest BCUT2D eigenvalue weighted by Crippen LogP contribution is 2.70. The Hall–Kier alpha value is -3.20. The number of hydrogen-bond acceptors (Lipinski definition) is 6. The van der Waals surface area contributed by atoms with Crippen LogP contribution in [0.1, 0.15) is 50.4 Å². The Morgan fingerprint density at radius 2 is 2.03 bits per heavy atom. The number of aromatic nitrogens is 4. The first-order valence-corrected chi connectivity index (χ1v) is 11.6. The second kappa shape index (κ2) is 7.69. The van der Waals surface area contributed by atoms with Crippen molar-refractivity contribution in [2.24, 2.45) is 5.41 Å². The van der Waals surface area contributed by atoms with Crippen LogP contribution in [0.2, 0.25) is 0 Å². The van der Waals surface area contributed by atoms with E-state index in [1.54, 1.807) is 18.6 Å². The molecule has 2 unspecified atom stereocenters. The van der Waals surface area contributed by atoms with Crippen LogP contribution in [-0.2, 0) is 10.3 Å². The van der Waals surface area contributed by atoms with Crippen LogP contribution in [0.5, 0.6) is 5.88 Å². The van der Waals surface area contributed by atoms with Gasteiger partial charge in [-0.25, -0.2) is 14.5 Å². The normalized spacial score (nSPS) is 26.4. The monoisotopic (exact) mass is 449 g/mol. The average molecular weight is 450 g/mol. The molecule has 2 aliphatic heterocycles. The van der Waals surface area contributed by atoms with Crippen molar-refractivity contribution in [3.05, 3.63) is 48.5 Å². The van der Waals surface area contributed by atoms with Gasteiger partial charge in [0.2, 0.25) is 5.88 Å². The Morgan fingerprint density at radius 1 is 1.18 bits per heavy atom. The molecule has 3 aromatic rings. The molecular weight excluding hydrogens is 422 g/mol. The lowest BCUT2D eigenvalue weighted by Gasteiger charge is -2.33. The summed E-state index contributed by atoms with van der Waals surface area (Å²) in [5.41, 5.74) is 1.06. The number of hydrogen-bond donors (Lipinski definition) is 1. The van der Waals surface area contributed by atoms with Crippen LogP contribution in [0, 0.1) is 5.41 Å². The molecule has 9 heteroatoms. The van der Waals surface area contributed by atoms with Crippen molar-refractivity contribution in [2.45, 2.75) is 50.4 Å². The molecule has 1 amide bonds. The molecular formula is C24H27N5O4. The summed E-state index contributed by atoms with van der Waals surface area (Å²) in [5, 5.41) is 15.6. The van der Waals surface area contributed by atoms with Gasteiger partial charge in [0.25, 0.3) is 0 Å². The van der Waals surface area contributed by atoms with Crippen LogP contribution in [0.3, 0.4) is 0 Å². The van der Waals surface area contributed by atoms with E-state index in [0.29, 0.717) is 19.0 Å². The lowest BCUT2D eigenvalue weighted by molar-refractivity contribution is -0.0377. The first-order valence-electron chi connectivity index (χ1n) is 11.6. The summed E-state index contributed by atoms with van der Waals surface area (Å²) in [7, 11) is 0. The number of likely N-dealkylation sites (tertiary alicyclic amines) is 1. The van der Waals surface area contributed by atoms with Gasteiger partial charge >= 0.3 is 6.09 Å². The summed E-state index contributed by atoms with van der Waals surface area (Å²) in [5.74, 6) is 0.461. The molecule has 2 aromatic heterocycles. The van der Waals surface area contributed by atoms with Crippen molar-refractivity contribution in [1.82, 2.24) is 24.6 Å². The standard InChI is InChI=1S/C24H27N5O4/c30-22(31)28-12-8-23(9-13-28)16-24(23,33-19-15-25-10-11-26-19)21-17-5-1-2-6-18(17)29(27-21)20-7-3-4-14-32-20/h1-2,5-6,10-11,15,20H,3-4,7-9,12-14,16H2,(H,30,31). The summed E-state index contributed by atoms with van der Waals surface area (Å²) < 4.78 is 14.7. The average Bonchev–Trinajstić information content (AvgIpc) is 3.27. The highest BCUT2D eigenvalue weighted by molar-refractivity contribution is 5.84. The number of rotatable bonds is 4. The van der Waals surface area contributed by atoms with Gasteiger partial charge in [-0.3, -0.25) is 4.98 Å². The van der Waals surface area contributed by atoms with Crippen LogP contribution in [0.25, 0.3) is 10.9 Å². The first-order chi connectivity index (χ1) is 16.1. The molecule has 172 valence electrons. The third-order valence-corrected chi connectivity index (χ3v) is 7.55. The van der Waals surface area contributed by atoms with Gasteiger partial charge in [-0.15, -0.1) is 0 Å². The molecule has 1 N–H and O–H groups in total. The highest BCUT2D eigenvalue weighted by atomic mass is 16.5. The molecule has 1 saturated carbocycles. The molecule has 0 radical (unpaired) electrons. The predicted molar refractivity (Wildman–Crippen MR) is 119 cm³/mol. The molecule has 3 fully saturated rings. The fraction of sp³-hybridized carbons (Fsp3) is 0.500. The number of fused-ring (bicyclic) bond motifs is 1. The maximum atomic E-state index is 11.5. The van der Waals surface area contributed by atoms with Crippen molar-refractivity contribution in [3.8, 4) is 5.88 Å². The second-order valence-electron chi connectivity index (χ2n) is 9.33. The zero-order valence-corrected chi connectivity index (χ0v) is 18.4. The van der Waals surface area contributed by atoms with Crippen molar-refractivity contribution in [3.63, 3.8) is 0 Å². The molecule has 2 atom stereocenters. The summed E-state index contributed by atoms with van der Waals surface area (Å²) >= 11 is 0. The number of carboxylic acid groups (broad SMARTS) is 1. The molecule has 0 bridgehead atoms. The molecule has 4 heterocycles. The smallest absolute Gasteiger partial charge is 0.407 e. The quantitative estimate of drug-likeness (QED) is 0.643. The van der Waals surface area contributed by atoms with Gasteiger partial charge in [0.1, 0.15) is 5.69 Å². The van der Waals surface area contributed by atoms with Crippen LogP contribution >= 0.6 is 0 Å². The van der Waals surface area contributed by atoms with Crippen LogP contribution in [0.4, 0.5) is 4.79 Å². The second-order valence-corrected chi connectivity index (χ2v) is 9.33. The van der Waals surface area contributed by atoms with E-state index in [0.717, 1.165) is 61.7 Å². The molecule has 9 nitrogen and oxygen atoms in total. The minimum atomic E-state index is -0.866. The predicted octanol–water partition coefficient (Wildman–Crippen LogP) is 3.96. The van der Waals surface area contributed by atoms with Crippen molar-refractivity contribution in [2.75, 3.05) is 19.7 Å². The summed E-state index contributed by atoms with van der Waals surface area (Å²) in [6.45, 7) is 1.72. The molecule has 33 heavy (non-hydrogen) atoms. The van der Waals surface area contributed by atoms with E-state index in [4.69, 9.17) is 14.6 Å². The number of para-hydroxylation sites is 1. The van der Waals surface area contributed by atoms with Crippen molar-refractivity contribution in [1.29, 1.82) is 0 Å². The number of piperidine rings is 1. The fourth-order valence-corrected chi connectivity index (χ4v) is 5.71. The zero-order chi connectivity index (χ0) is 22.5. The number of carbonyl (C=O) groups is 1. The lowest BCUT2D eigenvalue weighted by Crippen LogP contribution is -2.41. The van der Waals surface area contributed by atoms with Gasteiger partial charge in [0.05, 0.1) is 11.7 Å². The summed E-state index contributed by atoms with van der Waals surface area (Å²) in [6.07, 6.45) is 9.26. The number of ether oxygens (including phenoxy) is 2. The van der Waals surface area contributed by atoms with Gasteiger partial charge in [-0.05, 0) is 38.2 Å². The van der Waals surface area contributed by atoms with Crippen molar-refractivity contribution >= 4 is 17.0 Å². The van der Waals surface area contributed by atoms with Gasteiger partial charge in [0, 0.05) is 49.3 Å². The SMILES string of the molecule is O=C(O)N1CCC2(CC1)CC2(Oc1cnccn1)c1nn(C2CCCCO2)c2ccccc12. The number of nitrogens with zero attached hydrogens (tertiary/aromatic N) is 5. The van der Waals surface area contributed by atoms with E-state index in [9.17, 15) is 9.90 Å². The van der Waals surface area contributed by atoms with Crippen LogP contribution in [0.15, 0.2) is 42.9 Å². The highest BCUT2D eigenvalue weighted by Gasteiger charge is 2.73.